The molecule has 0 saturated heterocycles. The van der Waals surface area contributed by atoms with Crippen molar-refractivity contribution >= 4 is 29.5 Å². The molecule has 2 aromatic rings. The van der Waals surface area contributed by atoms with Crippen LogP contribution in [0.4, 0.5) is 9.59 Å². The zero-order valence-electron chi connectivity index (χ0n) is 14.7. The molecule has 1 heterocycles. The van der Waals surface area contributed by atoms with E-state index in [1.54, 1.807) is 39.8 Å². The summed E-state index contributed by atoms with van der Waals surface area (Å²) in [6, 6.07) is 6.61. The fraction of sp³-hybridized carbons (Fsp3) is 0.389. The molecule has 1 atom stereocenters. The van der Waals surface area contributed by atoms with Crippen LogP contribution in [0.5, 0.6) is 0 Å². The highest BCUT2D eigenvalue weighted by atomic mass is 16.6. The topological polar surface area (TPSA) is 88.8 Å². The molecule has 7 nitrogen and oxygen atoms in total. The number of rotatable bonds is 4. The van der Waals surface area contributed by atoms with Gasteiger partial charge in [-0.25, -0.2) is 14.5 Å². The molecule has 134 valence electrons. The summed E-state index contributed by atoms with van der Waals surface area (Å²) in [4.78, 5) is 35.9. The summed E-state index contributed by atoms with van der Waals surface area (Å²) in [5.74, 6) is 0. The van der Waals surface area contributed by atoms with Gasteiger partial charge < -0.3 is 9.84 Å². The van der Waals surface area contributed by atoms with Crippen LogP contribution in [0.25, 0.3) is 10.9 Å². The van der Waals surface area contributed by atoms with E-state index >= 15 is 0 Å². The number of aromatic nitrogens is 1. The standard InChI is InChI=1S/C18H22N2O5/c1-12(20(11-21)17(24)25-18(2,3)4)9-13-10-19(16(22)23)15-8-6-5-7-14(13)15/h5-8,10-12H,9H2,1-4H3,(H,22,23)/t12-/m1/s1. The first-order valence-corrected chi connectivity index (χ1v) is 7.93. The molecule has 1 aromatic carbocycles. The van der Waals surface area contributed by atoms with Gasteiger partial charge in [0.15, 0.2) is 0 Å². The Hall–Kier alpha value is -2.83. The highest BCUT2D eigenvalue weighted by Gasteiger charge is 2.26. The average molecular weight is 346 g/mol. The molecule has 0 saturated carbocycles. The van der Waals surface area contributed by atoms with E-state index in [4.69, 9.17) is 4.74 Å². The quantitative estimate of drug-likeness (QED) is 0.856. The van der Waals surface area contributed by atoms with Crippen molar-refractivity contribution in [2.75, 3.05) is 0 Å². The van der Waals surface area contributed by atoms with Gasteiger partial charge >= 0.3 is 12.2 Å². The number of imide groups is 1. The first kappa shape index (κ1) is 18.5. The van der Waals surface area contributed by atoms with Crippen LogP contribution in [0.15, 0.2) is 30.5 Å². The Morgan fingerprint density at radius 3 is 2.52 bits per heavy atom. The van der Waals surface area contributed by atoms with E-state index in [2.05, 4.69) is 0 Å². The van der Waals surface area contributed by atoms with Crippen LogP contribution in [-0.2, 0) is 16.0 Å². The van der Waals surface area contributed by atoms with Crippen molar-refractivity contribution in [2.24, 2.45) is 0 Å². The maximum absolute atomic E-state index is 12.2. The van der Waals surface area contributed by atoms with Crippen molar-refractivity contribution in [3.63, 3.8) is 0 Å². The number of carbonyl (C=O) groups excluding carboxylic acids is 2. The number of carbonyl (C=O) groups is 3. The van der Waals surface area contributed by atoms with E-state index in [9.17, 15) is 19.5 Å². The van der Waals surface area contributed by atoms with Gasteiger partial charge in [0.1, 0.15) is 5.60 Å². The van der Waals surface area contributed by atoms with E-state index in [-0.39, 0.29) is 0 Å². The van der Waals surface area contributed by atoms with Crippen molar-refractivity contribution in [3.8, 4) is 0 Å². The molecule has 25 heavy (non-hydrogen) atoms. The molecule has 2 amide bonds. The Balaban J connectivity index is 2.29. The summed E-state index contributed by atoms with van der Waals surface area (Å²) in [6.45, 7) is 6.88. The molecule has 0 aliphatic carbocycles. The molecule has 0 aliphatic heterocycles. The smallest absolute Gasteiger partial charge is 0.417 e. The zero-order chi connectivity index (χ0) is 18.8. The molecule has 0 unspecified atom stereocenters. The molecule has 0 radical (unpaired) electrons. The normalized spacial score (nSPS) is 12.6. The minimum atomic E-state index is -1.09. The van der Waals surface area contributed by atoms with E-state index < -0.39 is 23.8 Å². The van der Waals surface area contributed by atoms with Gasteiger partial charge in [0.2, 0.25) is 6.41 Å². The summed E-state index contributed by atoms with van der Waals surface area (Å²) in [5.41, 5.74) is 0.588. The van der Waals surface area contributed by atoms with E-state index in [0.717, 1.165) is 20.4 Å². The second-order valence-corrected chi connectivity index (χ2v) is 6.87. The van der Waals surface area contributed by atoms with E-state index in [0.29, 0.717) is 18.3 Å². The van der Waals surface area contributed by atoms with E-state index in [1.165, 1.54) is 6.20 Å². The molecule has 0 aliphatic rings. The number of hydrogen-bond donors (Lipinski definition) is 1. The SMILES string of the molecule is C[C@H](Cc1cn(C(=O)O)c2ccccc12)N(C=O)C(=O)OC(C)(C)C. The lowest BCUT2D eigenvalue weighted by atomic mass is 10.1. The summed E-state index contributed by atoms with van der Waals surface area (Å²) in [7, 11) is 0. The Morgan fingerprint density at radius 1 is 1.32 bits per heavy atom. The minimum Gasteiger partial charge on any atom is -0.464 e. The lowest BCUT2D eigenvalue weighted by Gasteiger charge is -2.27. The fourth-order valence-electron chi connectivity index (χ4n) is 2.63. The van der Waals surface area contributed by atoms with Gasteiger partial charge in [-0.3, -0.25) is 9.36 Å². The van der Waals surface area contributed by atoms with E-state index in [1.807, 2.05) is 12.1 Å². The highest BCUT2D eigenvalue weighted by molar-refractivity contribution is 5.91. The van der Waals surface area contributed by atoms with Crippen LogP contribution in [0.3, 0.4) is 0 Å². The first-order chi connectivity index (χ1) is 11.6. The van der Waals surface area contributed by atoms with Gasteiger partial charge in [-0.1, -0.05) is 18.2 Å². The predicted molar refractivity (Wildman–Crippen MR) is 92.7 cm³/mol. The Labute approximate surface area is 145 Å². The van der Waals surface area contributed by atoms with Crippen molar-refractivity contribution in [3.05, 3.63) is 36.0 Å². The minimum absolute atomic E-state index is 0.318. The van der Waals surface area contributed by atoms with Crippen LogP contribution in [0.1, 0.15) is 33.3 Å². The molecule has 0 spiro atoms. The fourth-order valence-corrected chi connectivity index (χ4v) is 2.63. The molecule has 0 fully saturated rings. The lowest BCUT2D eigenvalue weighted by Crippen LogP contribution is -2.42. The number of nitrogens with zero attached hydrogens (tertiary/aromatic N) is 2. The zero-order valence-corrected chi connectivity index (χ0v) is 14.7. The molecule has 0 bridgehead atoms. The molecule has 1 aromatic heterocycles. The highest BCUT2D eigenvalue weighted by Crippen LogP contribution is 2.24. The van der Waals surface area contributed by atoms with Crippen LogP contribution in [0, 0.1) is 0 Å². The second kappa shape index (κ2) is 6.96. The Kier molecular flexibility index (Phi) is 5.15. The number of hydrogen-bond acceptors (Lipinski definition) is 4. The molecule has 1 N–H and O–H groups in total. The first-order valence-electron chi connectivity index (χ1n) is 7.93. The largest absolute Gasteiger partial charge is 0.464 e. The number of amides is 2. The van der Waals surface area contributed by atoms with Crippen molar-refractivity contribution in [1.29, 1.82) is 0 Å². The number of benzene rings is 1. The van der Waals surface area contributed by atoms with Crippen LogP contribution >= 0.6 is 0 Å². The Bertz CT molecular complexity index is 803. The number of carboxylic acid groups (broad SMARTS) is 1. The second-order valence-electron chi connectivity index (χ2n) is 6.87. The molecule has 2 rings (SSSR count). The van der Waals surface area contributed by atoms with Crippen molar-refractivity contribution < 1.29 is 24.2 Å². The number of fused-ring (bicyclic) bond motifs is 1. The third-order valence-electron chi connectivity index (χ3n) is 3.71. The third kappa shape index (κ3) is 4.17. The van der Waals surface area contributed by atoms with Crippen molar-refractivity contribution in [2.45, 2.75) is 45.8 Å². The number of para-hydroxylation sites is 1. The summed E-state index contributed by atoms with van der Waals surface area (Å²) in [5, 5.41) is 10.1. The Morgan fingerprint density at radius 2 is 1.96 bits per heavy atom. The van der Waals surface area contributed by atoms with Gasteiger partial charge in [0.25, 0.3) is 0 Å². The van der Waals surface area contributed by atoms with Crippen molar-refractivity contribution in [1.82, 2.24) is 9.47 Å². The summed E-state index contributed by atoms with van der Waals surface area (Å²) < 4.78 is 6.37. The average Bonchev–Trinajstić information content (AvgIpc) is 2.85. The summed E-state index contributed by atoms with van der Waals surface area (Å²) in [6.07, 6.45) is 0.460. The van der Waals surface area contributed by atoms with Gasteiger partial charge in [0, 0.05) is 17.6 Å². The predicted octanol–water partition coefficient (Wildman–Crippen LogP) is 3.49. The molecular formula is C18H22N2O5. The molecule has 7 heteroatoms. The molecular weight excluding hydrogens is 324 g/mol. The van der Waals surface area contributed by atoms with Gasteiger partial charge in [-0.05, 0) is 45.7 Å². The van der Waals surface area contributed by atoms with Crippen LogP contribution in [-0.4, -0.2) is 44.8 Å². The van der Waals surface area contributed by atoms with Crippen LogP contribution in [0.2, 0.25) is 0 Å². The van der Waals surface area contributed by atoms with Gasteiger partial charge in [0.05, 0.1) is 5.52 Å². The van der Waals surface area contributed by atoms with Gasteiger partial charge in [-0.15, -0.1) is 0 Å². The number of ether oxygens (including phenoxy) is 1. The maximum Gasteiger partial charge on any atom is 0.417 e. The summed E-state index contributed by atoms with van der Waals surface area (Å²) >= 11 is 0. The van der Waals surface area contributed by atoms with Crippen LogP contribution < -0.4 is 0 Å². The third-order valence-corrected chi connectivity index (χ3v) is 3.71. The monoisotopic (exact) mass is 346 g/mol. The lowest BCUT2D eigenvalue weighted by molar-refractivity contribution is -0.119. The van der Waals surface area contributed by atoms with Gasteiger partial charge in [-0.2, -0.15) is 0 Å². The maximum atomic E-state index is 12.2.